The van der Waals surface area contributed by atoms with E-state index in [0.29, 0.717) is 17.7 Å². The predicted octanol–water partition coefficient (Wildman–Crippen LogP) is 8.08. The third kappa shape index (κ3) is 9.41. The fourth-order valence-electron chi connectivity index (χ4n) is 5.08. The smallest absolute Gasteiger partial charge is 0.125 e. The molecule has 4 aromatic rings. The fraction of sp³-hybridized carbons (Fsp3) is 0.368. The van der Waals surface area contributed by atoms with Crippen LogP contribution in [-0.4, -0.2) is 45.9 Å². The molecule has 0 atom stereocenters. The fourth-order valence-corrected chi connectivity index (χ4v) is 8.61. The van der Waals surface area contributed by atoms with E-state index in [0.717, 1.165) is 45.7 Å². The van der Waals surface area contributed by atoms with Crippen molar-refractivity contribution in [1.29, 1.82) is 0 Å². The summed E-state index contributed by atoms with van der Waals surface area (Å²) in [5.74, 6) is 3.27. The molecule has 0 amide bonds. The molecule has 0 spiro atoms. The van der Waals surface area contributed by atoms with Gasteiger partial charge in [0.25, 0.3) is 0 Å². The third-order valence-corrected chi connectivity index (χ3v) is 13.9. The van der Waals surface area contributed by atoms with E-state index < -0.39 is 16.1 Å². The van der Waals surface area contributed by atoms with E-state index >= 15 is 0 Å². The van der Waals surface area contributed by atoms with Gasteiger partial charge in [-0.15, -0.1) is 0 Å². The average Bonchev–Trinajstić information content (AvgIpc) is 2.99. The van der Waals surface area contributed by atoms with Gasteiger partial charge in [0.1, 0.15) is 44.9 Å². The highest BCUT2D eigenvalue weighted by molar-refractivity contribution is 6.90. The Morgan fingerprint density at radius 3 is 1.71 bits per heavy atom. The standard InChI is InChI=1S/C20H28O3Si.C18H24O2Si/c1-20(2,3)18-13-16(9-12-19(18)21)23-14-24(5,6)17-10-7-15(22-4)8-11-17;1-13-11-17(19)14(2)15(3)18(13)20-12-21(4,5)16-9-7-6-8-10-16/h7-13,21H,14H2,1-6H3;6-11,19H,12H2,1-5H3. The number of rotatable bonds is 9. The average molecular weight is 645 g/mol. The second-order valence-corrected chi connectivity index (χ2v) is 23.4. The first kappa shape index (κ1) is 35.8. The molecule has 0 aliphatic heterocycles. The van der Waals surface area contributed by atoms with Crippen LogP contribution < -0.4 is 24.6 Å². The minimum Gasteiger partial charge on any atom is -0.508 e. The molecular weight excluding hydrogens is 593 g/mol. The van der Waals surface area contributed by atoms with Crippen molar-refractivity contribution in [2.75, 3.05) is 19.6 Å². The van der Waals surface area contributed by atoms with Crippen LogP contribution in [-0.2, 0) is 5.41 Å². The van der Waals surface area contributed by atoms with Gasteiger partial charge >= 0.3 is 0 Å². The molecule has 0 aliphatic carbocycles. The molecule has 242 valence electrons. The number of hydrogen-bond acceptors (Lipinski definition) is 5. The van der Waals surface area contributed by atoms with Crippen LogP contribution in [0.25, 0.3) is 0 Å². The Morgan fingerprint density at radius 1 is 0.622 bits per heavy atom. The van der Waals surface area contributed by atoms with E-state index in [1.165, 1.54) is 10.4 Å². The van der Waals surface area contributed by atoms with Gasteiger partial charge in [-0.1, -0.05) is 99.8 Å². The first-order valence-corrected chi connectivity index (χ1v) is 22.0. The zero-order valence-corrected chi connectivity index (χ0v) is 31.0. The molecule has 45 heavy (non-hydrogen) atoms. The summed E-state index contributed by atoms with van der Waals surface area (Å²) in [6.45, 7) is 21.4. The largest absolute Gasteiger partial charge is 0.508 e. The molecule has 0 heterocycles. The van der Waals surface area contributed by atoms with E-state index in [1.807, 2.05) is 51.1 Å². The van der Waals surface area contributed by atoms with Gasteiger partial charge in [-0.05, 0) is 79.3 Å². The number of benzene rings is 4. The van der Waals surface area contributed by atoms with Gasteiger partial charge in [0, 0.05) is 5.56 Å². The van der Waals surface area contributed by atoms with Crippen LogP contribution in [0.15, 0.2) is 78.9 Å². The van der Waals surface area contributed by atoms with E-state index in [-0.39, 0.29) is 5.41 Å². The Hall–Kier alpha value is -3.69. The summed E-state index contributed by atoms with van der Waals surface area (Å²) < 4.78 is 17.5. The van der Waals surface area contributed by atoms with Crippen molar-refractivity contribution < 1.29 is 24.4 Å². The summed E-state index contributed by atoms with van der Waals surface area (Å²) in [5, 5.41) is 22.7. The van der Waals surface area contributed by atoms with E-state index in [1.54, 1.807) is 19.2 Å². The zero-order valence-electron chi connectivity index (χ0n) is 29.0. The number of hydrogen-bond donors (Lipinski definition) is 2. The topological polar surface area (TPSA) is 68.2 Å². The summed E-state index contributed by atoms with van der Waals surface area (Å²) in [6, 6.07) is 26.2. The monoisotopic (exact) mass is 644 g/mol. The Balaban J connectivity index is 0.000000248. The Kier molecular flexibility index (Phi) is 11.6. The first-order valence-electron chi connectivity index (χ1n) is 15.5. The normalized spacial score (nSPS) is 11.8. The molecule has 0 unspecified atom stereocenters. The minimum absolute atomic E-state index is 0.119. The number of methoxy groups -OCH3 is 1. The lowest BCUT2D eigenvalue weighted by molar-refractivity contribution is 0.371. The summed E-state index contributed by atoms with van der Waals surface area (Å²) >= 11 is 0. The minimum atomic E-state index is -1.72. The maximum absolute atomic E-state index is 10.1. The van der Waals surface area contributed by atoms with Gasteiger partial charge in [0.15, 0.2) is 0 Å². The van der Waals surface area contributed by atoms with Gasteiger partial charge in [0.2, 0.25) is 0 Å². The highest BCUT2D eigenvalue weighted by atomic mass is 28.3. The molecule has 4 rings (SSSR count). The van der Waals surface area contributed by atoms with Crippen LogP contribution in [0.3, 0.4) is 0 Å². The number of aryl methyl sites for hydroxylation is 1. The highest BCUT2D eigenvalue weighted by Crippen LogP contribution is 2.34. The van der Waals surface area contributed by atoms with Gasteiger partial charge in [-0.2, -0.15) is 0 Å². The van der Waals surface area contributed by atoms with Crippen LogP contribution in [0.1, 0.15) is 43.0 Å². The van der Waals surface area contributed by atoms with Crippen molar-refractivity contribution >= 4 is 26.5 Å². The van der Waals surface area contributed by atoms with Crippen LogP contribution in [0, 0.1) is 20.8 Å². The van der Waals surface area contributed by atoms with Crippen molar-refractivity contribution in [3.05, 3.63) is 101 Å². The third-order valence-electron chi connectivity index (χ3n) is 8.38. The van der Waals surface area contributed by atoms with Gasteiger partial charge in [-0.25, -0.2) is 0 Å². The molecule has 0 aliphatic rings. The molecule has 0 aromatic heterocycles. The van der Waals surface area contributed by atoms with Crippen LogP contribution in [0.4, 0.5) is 0 Å². The number of ether oxygens (including phenoxy) is 3. The first-order chi connectivity index (χ1) is 21.0. The SMILES string of the molecule is COc1ccc([Si](C)(C)COc2ccc(O)c(C(C)(C)C)c2)cc1.Cc1cc(O)c(C)c(C)c1OC[Si](C)(C)c1ccccc1. The highest BCUT2D eigenvalue weighted by Gasteiger charge is 2.27. The molecule has 0 bridgehead atoms. The summed E-state index contributed by atoms with van der Waals surface area (Å²) in [4.78, 5) is 0. The van der Waals surface area contributed by atoms with E-state index in [2.05, 4.69) is 83.4 Å². The van der Waals surface area contributed by atoms with Crippen molar-refractivity contribution in [2.45, 2.75) is 73.1 Å². The van der Waals surface area contributed by atoms with Crippen LogP contribution in [0.5, 0.6) is 28.7 Å². The summed E-state index contributed by atoms with van der Waals surface area (Å²) in [7, 11) is -1.66. The molecule has 0 saturated heterocycles. The van der Waals surface area contributed by atoms with Gasteiger partial charge in [-0.3, -0.25) is 0 Å². The van der Waals surface area contributed by atoms with Crippen molar-refractivity contribution in [3.63, 3.8) is 0 Å². The molecular formula is C38H52O5Si2. The molecule has 0 fully saturated rings. The lowest BCUT2D eigenvalue weighted by atomic mass is 9.86. The maximum atomic E-state index is 10.1. The molecule has 7 heteroatoms. The summed E-state index contributed by atoms with van der Waals surface area (Å²) in [5.41, 5.74) is 3.71. The van der Waals surface area contributed by atoms with Crippen LogP contribution in [0.2, 0.25) is 26.2 Å². The quantitative estimate of drug-likeness (QED) is 0.180. The molecule has 4 aromatic carbocycles. The van der Waals surface area contributed by atoms with E-state index in [9.17, 15) is 10.2 Å². The van der Waals surface area contributed by atoms with Crippen molar-refractivity contribution in [1.82, 2.24) is 0 Å². The molecule has 0 radical (unpaired) electrons. The lowest BCUT2D eigenvalue weighted by Gasteiger charge is -2.25. The lowest BCUT2D eigenvalue weighted by Crippen LogP contribution is -2.47. The Morgan fingerprint density at radius 2 is 1.16 bits per heavy atom. The Labute approximate surface area is 272 Å². The number of phenolic OH excluding ortho intramolecular Hbond substituents is 2. The predicted molar refractivity (Wildman–Crippen MR) is 194 cm³/mol. The molecule has 0 saturated carbocycles. The second kappa shape index (κ2) is 14.6. The van der Waals surface area contributed by atoms with Gasteiger partial charge < -0.3 is 24.4 Å². The van der Waals surface area contributed by atoms with Gasteiger partial charge in [0.05, 0.1) is 19.6 Å². The number of aromatic hydroxyl groups is 2. The Bertz CT molecular complexity index is 1560. The van der Waals surface area contributed by atoms with Crippen LogP contribution >= 0.6 is 0 Å². The molecule has 2 N–H and O–H groups in total. The second-order valence-electron chi connectivity index (χ2n) is 14.2. The summed E-state index contributed by atoms with van der Waals surface area (Å²) in [6.07, 6.45) is 1.43. The van der Waals surface area contributed by atoms with Crippen molar-refractivity contribution in [3.8, 4) is 28.7 Å². The van der Waals surface area contributed by atoms with Crippen molar-refractivity contribution in [2.24, 2.45) is 0 Å². The maximum Gasteiger partial charge on any atom is 0.125 e. The van der Waals surface area contributed by atoms with E-state index in [4.69, 9.17) is 14.2 Å². The number of phenols is 2. The molecule has 5 nitrogen and oxygen atoms in total. The zero-order chi connectivity index (χ0) is 33.6.